The van der Waals surface area contributed by atoms with E-state index >= 15 is 0 Å². The molecule has 0 spiro atoms. The highest BCUT2D eigenvalue weighted by Gasteiger charge is 2.11. The summed E-state index contributed by atoms with van der Waals surface area (Å²) in [6.07, 6.45) is 2.13. The van der Waals surface area contributed by atoms with E-state index in [9.17, 15) is 9.59 Å². The van der Waals surface area contributed by atoms with Crippen LogP contribution in [0, 0.1) is 0 Å². The highest BCUT2D eigenvalue weighted by Crippen LogP contribution is 1.92. The van der Waals surface area contributed by atoms with Crippen LogP contribution in [0.4, 0.5) is 9.59 Å². The van der Waals surface area contributed by atoms with Crippen LogP contribution < -0.4 is 0 Å². The predicted molar refractivity (Wildman–Crippen MR) is 41.1 cm³/mol. The van der Waals surface area contributed by atoms with Gasteiger partial charge in [0, 0.05) is 12.4 Å². The van der Waals surface area contributed by atoms with Crippen LogP contribution in [-0.2, 0) is 9.47 Å². The van der Waals surface area contributed by atoms with Crippen molar-refractivity contribution in [2.75, 3.05) is 6.61 Å². The van der Waals surface area contributed by atoms with Crippen molar-refractivity contribution in [3.05, 3.63) is 18.7 Å². The molecule has 1 heterocycles. The Kier molecular flexibility index (Phi) is 3.02. The van der Waals surface area contributed by atoms with Crippen LogP contribution in [0.5, 0.6) is 0 Å². The Labute approximate surface area is 74.1 Å². The van der Waals surface area contributed by atoms with Crippen molar-refractivity contribution >= 4 is 12.2 Å². The molecular formula is C7H8N2O4. The van der Waals surface area contributed by atoms with Crippen LogP contribution in [0.3, 0.4) is 0 Å². The summed E-state index contributed by atoms with van der Waals surface area (Å²) in [7, 11) is 0. The Morgan fingerprint density at radius 3 is 2.85 bits per heavy atom. The van der Waals surface area contributed by atoms with E-state index in [1.165, 1.54) is 18.7 Å². The summed E-state index contributed by atoms with van der Waals surface area (Å²) in [6, 6.07) is 0. The van der Waals surface area contributed by atoms with Gasteiger partial charge >= 0.3 is 12.2 Å². The summed E-state index contributed by atoms with van der Waals surface area (Å²) in [5.41, 5.74) is 0. The standard InChI is InChI=1S/C7H8N2O4/c1-2-12-7(11)13-6(10)9-4-3-8-5-9/h3-5H,2H2,1H3. The highest BCUT2D eigenvalue weighted by molar-refractivity contribution is 5.81. The van der Waals surface area contributed by atoms with Crippen molar-refractivity contribution in [1.82, 2.24) is 9.55 Å². The lowest BCUT2D eigenvalue weighted by atomic mass is 10.9. The van der Waals surface area contributed by atoms with Gasteiger partial charge in [-0.1, -0.05) is 0 Å². The number of rotatable bonds is 1. The summed E-state index contributed by atoms with van der Waals surface area (Å²) >= 11 is 0. The van der Waals surface area contributed by atoms with Crippen molar-refractivity contribution in [1.29, 1.82) is 0 Å². The summed E-state index contributed by atoms with van der Waals surface area (Å²) < 4.78 is 9.68. The number of hydrogen-bond donors (Lipinski definition) is 0. The molecule has 0 aliphatic carbocycles. The second kappa shape index (κ2) is 4.24. The van der Waals surface area contributed by atoms with Crippen molar-refractivity contribution < 1.29 is 19.1 Å². The van der Waals surface area contributed by atoms with Gasteiger partial charge in [-0.3, -0.25) is 0 Å². The van der Waals surface area contributed by atoms with Crippen LogP contribution in [0.1, 0.15) is 6.92 Å². The van der Waals surface area contributed by atoms with E-state index in [4.69, 9.17) is 0 Å². The molecule has 1 aromatic rings. The topological polar surface area (TPSA) is 70.4 Å². The molecule has 0 unspecified atom stereocenters. The van der Waals surface area contributed by atoms with Gasteiger partial charge in [0.25, 0.3) is 0 Å². The van der Waals surface area contributed by atoms with Crippen molar-refractivity contribution in [3.63, 3.8) is 0 Å². The van der Waals surface area contributed by atoms with Gasteiger partial charge in [0.15, 0.2) is 0 Å². The first-order valence-electron chi connectivity index (χ1n) is 3.61. The quantitative estimate of drug-likeness (QED) is 0.481. The minimum Gasteiger partial charge on any atom is -0.434 e. The smallest absolute Gasteiger partial charge is 0.434 e. The fourth-order valence-corrected chi connectivity index (χ4v) is 0.638. The van der Waals surface area contributed by atoms with Gasteiger partial charge < -0.3 is 9.47 Å². The maximum absolute atomic E-state index is 11.0. The van der Waals surface area contributed by atoms with E-state index in [0.29, 0.717) is 0 Å². The van der Waals surface area contributed by atoms with Gasteiger partial charge in [-0.25, -0.2) is 19.1 Å². The molecule has 1 rings (SSSR count). The zero-order valence-electron chi connectivity index (χ0n) is 6.97. The molecule has 6 heteroatoms. The molecule has 1 aromatic heterocycles. The zero-order chi connectivity index (χ0) is 9.68. The minimum absolute atomic E-state index is 0.163. The first kappa shape index (κ1) is 9.24. The van der Waals surface area contributed by atoms with Gasteiger partial charge in [-0.2, -0.15) is 0 Å². The van der Waals surface area contributed by atoms with E-state index in [2.05, 4.69) is 14.5 Å². The van der Waals surface area contributed by atoms with Gasteiger partial charge in [0.1, 0.15) is 6.33 Å². The molecule has 0 radical (unpaired) electrons. The lowest BCUT2D eigenvalue weighted by Gasteiger charge is -2.01. The first-order valence-corrected chi connectivity index (χ1v) is 3.61. The van der Waals surface area contributed by atoms with Gasteiger partial charge in [0.2, 0.25) is 0 Å². The second-order valence-electron chi connectivity index (χ2n) is 2.02. The average molecular weight is 184 g/mol. The fraction of sp³-hybridized carbons (Fsp3) is 0.286. The number of imidazole rings is 1. The molecule has 0 bridgehead atoms. The molecule has 0 aliphatic rings. The van der Waals surface area contributed by atoms with Gasteiger partial charge in [-0.05, 0) is 6.92 Å². The third kappa shape index (κ3) is 2.58. The molecule has 0 amide bonds. The second-order valence-corrected chi connectivity index (χ2v) is 2.02. The van der Waals surface area contributed by atoms with E-state index in [-0.39, 0.29) is 6.61 Å². The number of ether oxygens (including phenoxy) is 2. The lowest BCUT2D eigenvalue weighted by molar-refractivity contribution is 0.0794. The number of carbonyl (C=O) groups is 2. The molecule has 0 aliphatic heterocycles. The van der Waals surface area contributed by atoms with E-state index < -0.39 is 12.2 Å². The molecule has 0 atom stereocenters. The van der Waals surface area contributed by atoms with Gasteiger partial charge in [-0.15, -0.1) is 0 Å². The third-order valence-corrected chi connectivity index (χ3v) is 1.15. The largest absolute Gasteiger partial charge is 0.517 e. The van der Waals surface area contributed by atoms with Gasteiger partial charge in [0.05, 0.1) is 6.61 Å². The number of hydrogen-bond acceptors (Lipinski definition) is 5. The van der Waals surface area contributed by atoms with E-state index in [1.807, 2.05) is 0 Å². The highest BCUT2D eigenvalue weighted by atomic mass is 16.7. The first-order chi connectivity index (χ1) is 6.24. The Morgan fingerprint density at radius 1 is 1.54 bits per heavy atom. The molecule has 6 nitrogen and oxygen atoms in total. The fourth-order valence-electron chi connectivity index (χ4n) is 0.638. The van der Waals surface area contributed by atoms with Crippen molar-refractivity contribution in [2.24, 2.45) is 0 Å². The number of aromatic nitrogens is 2. The molecule has 0 saturated heterocycles. The van der Waals surface area contributed by atoms with Crippen LogP contribution in [0.2, 0.25) is 0 Å². The van der Waals surface area contributed by atoms with E-state index in [0.717, 1.165) is 4.57 Å². The van der Waals surface area contributed by atoms with Crippen LogP contribution in [0.15, 0.2) is 18.7 Å². The van der Waals surface area contributed by atoms with Crippen molar-refractivity contribution in [3.8, 4) is 0 Å². The monoisotopic (exact) mass is 184 g/mol. The average Bonchev–Trinajstić information content (AvgIpc) is 2.55. The third-order valence-electron chi connectivity index (χ3n) is 1.15. The van der Waals surface area contributed by atoms with Crippen molar-refractivity contribution in [2.45, 2.75) is 6.92 Å². The molecule has 0 aromatic carbocycles. The Balaban J connectivity index is 2.47. The molecule has 70 valence electrons. The Hall–Kier alpha value is -1.85. The molecule has 0 saturated carbocycles. The normalized spacial score (nSPS) is 9.31. The maximum atomic E-state index is 11.0. The number of nitrogens with zero attached hydrogens (tertiary/aromatic N) is 2. The molecule has 0 fully saturated rings. The summed E-state index contributed by atoms with van der Waals surface area (Å²) in [4.78, 5) is 25.2. The van der Waals surface area contributed by atoms with Crippen LogP contribution >= 0.6 is 0 Å². The predicted octanol–water partition coefficient (Wildman–Crippen LogP) is 1.02. The Bertz CT molecular complexity index is 293. The Morgan fingerprint density at radius 2 is 2.31 bits per heavy atom. The minimum atomic E-state index is -1.01. The maximum Gasteiger partial charge on any atom is 0.517 e. The summed E-state index contributed by atoms with van der Waals surface area (Å²) in [6.45, 7) is 1.78. The molecule has 0 N–H and O–H groups in total. The molecular weight excluding hydrogens is 176 g/mol. The SMILES string of the molecule is CCOC(=O)OC(=O)n1ccnc1. The molecule has 13 heavy (non-hydrogen) atoms. The van der Waals surface area contributed by atoms with Crippen LogP contribution in [-0.4, -0.2) is 28.4 Å². The number of carbonyl (C=O) groups excluding carboxylic acids is 2. The van der Waals surface area contributed by atoms with Crippen LogP contribution in [0.25, 0.3) is 0 Å². The zero-order valence-corrected chi connectivity index (χ0v) is 6.97. The summed E-state index contributed by atoms with van der Waals surface area (Å²) in [5, 5.41) is 0. The summed E-state index contributed by atoms with van der Waals surface area (Å²) in [5.74, 6) is 0. The lowest BCUT2D eigenvalue weighted by Crippen LogP contribution is -2.17. The van der Waals surface area contributed by atoms with E-state index in [1.54, 1.807) is 6.92 Å².